The summed E-state index contributed by atoms with van der Waals surface area (Å²) < 4.78 is 5.03. The van der Waals surface area contributed by atoms with Gasteiger partial charge in [0.05, 0.1) is 11.0 Å². The lowest BCUT2D eigenvalue weighted by Crippen LogP contribution is -2.25. The molecule has 0 spiro atoms. The molecular formula is C62H43NS. The second kappa shape index (κ2) is 15.5. The topological polar surface area (TPSA) is 4.93 Å². The summed E-state index contributed by atoms with van der Waals surface area (Å²) in [7, 11) is 0. The Balaban J connectivity index is 1.03. The highest BCUT2D eigenvalue weighted by Gasteiger charge is 2.32. The quantitative estimate of drug-likeness (QED) is 0.134. The van der Waals surface area contributed by atoms with Gasteiger partial charge in [-0.2, -0.15) is 0 Å². The third-order valence-corrected chi connectivity index (χ3v) is 14.5. The number of benzene rings is 10. The summed E-state index contributed by atoms with van der Waals surface area (Å²) in [6.45, 7) is 2.40. The first-order valence-electron chi connectivity index (χ1n) is 22.1. The van der Waals surface area contributed by atoms with Crippen molar-refractivity contribution in [3.63, 3.8) is 0 Å². The number of aromatic nitrogens is 1. The Kier molecular flexibility index (Phi) is 9.21. The van der Waals surface area contributed by atoms with Crippen molar-refractivity contribution in [2.24, 2.45) is 0 Å². The van der Waals surface area contributed by atoms with Crippen molar-refractivity contribution in [2.75, 3.05) is 0 Å². The van der Waals surface area contributed by atoms with Gasteiger partial charge in [-0.3, -0.25) is 0 Å². The van der Waals surface area contributed by atoms with Gasteiger partial charge in [-0.15, -0.1) is 11.3 Å². The van der Waals surface area contributed by atoms with Gasteiger partial charge in [0.1, 0.15) is 0 Å². The number of nitrogens with zero attached hydrogens (tertiary/aromatic N) is 1. The average molecular weight is 834 g/mol. The van der Waals surface area contributed by atoms with E-state index in [4.69, 9.17) is 0 Å². The molecule has 0 aliphatic rings. The van der Waals surface area contributed by atoms with Crippen LogP contribution in [0.1, 0.15) is 23.6 Å². The molecular weight excluding hydrogens is 791 g/mol. The van der Waals surface area contributed by atoms with Crippen molar-refractivity contribution in [1.82, 2.24) is 4.57 Å². The second-order valence-electron chi connectivity index (χ2n) is 17.0. The van der Waals surface area contributed by atoms with Crippen LogP contribution in [0.2, 0.25) is 0 Å². The molecule has 0 saturated carbocycles. The molecule has 1 nitrogen and oxygen atoms in total. The Labute approximate surface area is 377 Å². The molecule has 12 aromatic rings. The maximum Gasteiger partial charge on any atom is 0.0547 e. The molecule has 0 saturated heterocycles. The highest BCUT2D eigenvalue weighted by Crippen LogP contribution is 2.46. The molecule has 2 heterocycles. The van der Waals surface area contributed by atoms with Gasteiger partial charge >= 0.3 is 0 Å². The van der Waals surface area contributed by atoms with Crippen LogP contribution in [0.15, 0.2) is 243 Å². The summed E-state index contributed by atoms with van der Waals surface area (Å²) >= 11 is 1.88. The highest BCUT2D eigenvalue weighted by molar-refractivity contribution is 7.26. The maximum absolute atomic E-state index is 2.48. The summed E-state index contributed by atoms with van der Waals surface area (Å²) in [5.74, 6) is 0. The molecule has 0 radical (unpaired) electrons. The van der Waals surface area contributed by atoms with E-state index in [-0.39, 0.29) is 0 Å². The monoisotopic (exact) mass is 833 g/mol. The lowest BCUT2D eigenvalue weighted by atomic mass is 9.70. The Morgan fingerprint density at radius 2 is 0.844 bits per heavy atom. The maximum atomic E-state index is 2.48. The smallest absolute Gasteiger partial charge is 0.0547 e. The first-order valence-corrected chi connectivity index (χ1v) is 22.9. The minimum atomic E-state index is -0.435. The largest absolute Gasteiger partial charge is 0.309 e. The first-order chi connectivity index (χ1) is 31.6. The number of rotatable bonds is 8. The zero-order chi connectivity index (χ0) is 42.6. The SMILES string of the molecule is CC(c1ccc(-c2ccccc2)cc1)(c1ccc(-c2ccccc2)cc1)c1ccc2sc3cccc(-c4ccc5c6ccccc6n(-c6cccc(-c7ccccc7)c6)c5c4)c3c2c1. The summed E-state index contributed by atoms with van der Waals surface area (Å²) in [6, 6.07) is 89.3. The van der Waals surface area contributed by atoms with Crippen LogP contribution in [-0.2, 0) is 5.41 Å². The van der Waals surface area contributed by atoms with Gasteiger partial charge in [-0.25, -0.2) is 0 Å². The molecule has 0 aliphatic carbocycles. The van der Waals surface area contributed by atoms with Crippen molar-refractivity contribution in [3.8, 4) is 50.2 Å². The Hall–Kier alpha value is -7.78. The fraction of sp³-hybridized carbons (Fsp3) is 0.0323. The van der Waals surface area contributed by atoms with Crippen molar-refractivity contribution >= 4 is 53.3 Å². The fourth-order valence-electron chi connectivity index (χ4n) is 10.0. The molecule has 64 heavy (non-hydrogen) atoms. The highest BCUT2D eigenvalue weighted by atomic mass is 32.1. The van der Waals surface area contributed by atoms with Gasteiger partial charge < -0.3 is 4.57 Å². The molecule has 0 unspecified atom stereocenters. The van der Waals surface area contributed by atoms with Crippen LogP contribution in [0.4, 0.5) is 0 Å². The van der Waals surface area contributed by atoms with Gasteiger partial charge in [0.15, 0.2) is 0 Å². The third-order valence-electron chi connectivity index (χ3n) is 13.4. The minimum Gasteiger partial charge on any atom is -0.309 e. The van der Waals surface area contributed by atoms with Crippen molar-refractivity contribution in [2.45, 2.75) is 12.3 Å². The van der Waals surface area contributed by atoms with Gasteiger partial charge in [-0.05, 0) is 111 Å². The third kappa shape index (κ3) is 6.37. The Morgan fingerprint density at radius 3 is 1.50 bits per heavy atom. The summed E-state index contributed by atoms with van der Waals surface area (Å²) in [5, 5.41) is 5.10. The zero-order valence-corrected chi connectivity index (χ0v) is 36.3. The van der Waals surface area contributed by atoms with E-state index in [0.717, 1.165) is 5.69 Å². The Morgan fingerprint density at radius 1 is 0.328 bits per heavy atom. The van der Waals surface area contributed by atoms with Gasteiger partial charge in [0, 0.05) is 42.0 Å². The number of hydrogen-bond donors (Lipinski definition) is 0. The standard InChI is InChI=1S/C62H43NS/c1-62(49-32-27-45(28-33-49)42-15-5-2-6-16-42,50-34-29-46(30-35-50)43-17-7-3-8-18-43)51-36-38-59-56(41-51)61-53(24-14-26-60(61)64-59)48-31-37-55-54-23-11-12-25-57(54)63(58(55)40-48)52-22-13-21-47(39-52)44-19-9-4-10-20-44/h2-41H,1H3. The molecule has 0 amide bonds. The van der Waals surface area contributed by atoms with Crippen molar-refractivity contribution in [1.29, 1.82) is 0 Å². The summed E-state index contributed by atoms with van der Waals surface area (Å²) in [4.78, 5) is 0. The van der Waals surface area contributed by atoms with Crippen LogP contribution < -0.4 is 0 Å². The average Bonchev–Trinajstić information content (AvgIpc) is 3.92. The van der Waals surface area contributed by atoms with Crippen LogP contribution >= 0.6 is 11.3 Å². The lowest BCUT2D eigenvalue weighted by molar-refractivity contribution is 0.694. The van der Waals surface area contributed by atoms with Crippen LogP contribution in [0, 0.1) is 0 Å². The zero-order valence-electron chi connectivity index (χ0n) is 35.4. The van der Waals surface area contributed by atoms with Crippen LogP contribution in [0.25, 0.3) is 92.2 Å². The van der Waals surface area contributed by atoms with Crippen molar-refractivity contribution < 1.29 is 0 Å². The second-order valence-corrected chi connectivity index (χ2v) is 18.1. The van der Waals surface area contributed by atoms with Crippen LogP contribution in [0.5, 0.6) is 0 Å². The van der Waals surface area contributed by atoms with E-state index >= 15 is 0 Å². The van der Waals surface area contributed by atoms with E-state index in [0.29, 0.717) is 0 Å². The minimum absolute atomic E-state index is 0.435. The van der Waals surface area contributed by atoms with Crippen LogP contribution in [-0.4, -0.2) is 4.57 Å². The van der Waals surface area contributed by atoms with Crippen molar-refractivity contribution in [3.05, 3.63) is 259 Å². The predicted octanol–water partition coefficient (Wildman–Crippen LogP) is 17.2. The molecule has 2 heteroatoms. The van der Waals surface area contributed by atoms with Crippen LogP contribution in [0.3, 0.4) is 0 Å². The van der Waals surface area contributed by atoms with Gasteiger partial charge in [0.25, 0.3) is 0 Å². The van der Waals surface area contributed by atoms with Gasteiger partial charge in [0.2, 0.25) is 0 Å². The van der Waals surface area contributed by atoms with E-state index < -0.39 is 5.41 Å². The number of hydrogen-bond acceptors (Lipinski definition) is 1. The summed E-state index contributed by atoms with van der Waals surface area (Å²) in [6.07, 6.45) is 0. The molecule has 0 bridgehead atoms. The van der Waals surface area contributed by atoms with E-state index in [1.165, 1.54) is 103 Å². The molecule has 0 atom stereocenters. The fourth-order valence-corrected chi connectivity index (χ4v) is 11.1. The molecule has 0 fully saturated rings. The molecule has 0 N–H and O–H groups in total. The molecule has 10 aromatic carbocycles. The predicted molar refractivity (Wildman–Crippen MR) is 274 cm³/mol. The molecule has 12 rings (SSSR count). The lowest BCUT2D eigenvalue weighted by Gasteiger charge is -2.32. The number of thiophene rings is 1. The summed E-state index contributed by atoms with van der Waals surface area (Å²) in [5.41, 5.74) is 16.7. The molecule has 0 aliphatic heterocycles. The van der Waals surface area contributed by atoms with Gasteiger partial charge in [-0.1, -0.05) is 200 Å². The van der Waals surface area contributed by atoms with E-state index in [1.54, 1.807) is 0 Å². The van der Waals surface area contributed by atoms with E-state index in [9.17, 15) is 0 Å². The van der Waals surface area contributed by atoms with E-state index in [1.807, 2.05) is 11.3 Å². The first kappa shape index (κ1) is 37.9. The normalized spacial score (nSPS) is 11.8. The Bertz CT molecular complexity index is 3550. The molecule has 302 valence electrons. The number of para-hydroxylation sites is 1. The molecule has 2 aromatic heterocycles. The number of fused-ring (bicyclic) bond motifs is 6. The van der Waals surface area contributed by atoms with E-state index in [2.05, 4.69) is 254 Å².